The summed E-state index contributed by atoms with van der Waals surface area (Å²) in [5.74, 6) is 1.61. The second-order valence-electron chi connectivity index (χ2n) is 5.57. The lowest BCUT2D eigenvalue weighted by molar-refractivity contribution is 0.389. The van der Waals surface area contributed by atoms with Crippen LogP contribution in [-0.2, 0) is 6.54 Å². The van der Waals surface area contributed by atoms with Crippen molar-refractivity contribution in [2.24, 2.45) is 5.92 Å². The van der Waals surface area contributed by atoms with Crippen molar-refractivity contribution in [1.82, 2.24) is 5.32 Å². The van der Waals surface area contributed by atoms with Crippen molar-refractivity contribution in [3.8, 4) is 0 Å². The Kier molecular flexibility index (Phi) is 4.22. The minimum Gasteiger partial charge on any atom is -0.310 e. The van der Waals surface area contributed by atoms with Gasteiger partial charge in [0, 0.05) is 12.6 Å². The van der Waals surface area contributed by atoms with Crippen LogP contribution in [0.25, 0.3) is 0 Å². The molecule has 1 aromatic rings. The van der Waals surface area contributed by atoms with E-state index in [1.807, 2.05) is 0 Å². The Morgan fingerprint density at radius 2 is 2.06 bits per heavy atom. The number of rotatable bonds is 6. The van der Waals surface area contributed by atoms with E-state index in [0.717, 1.165) is 18.4 Å². The molecule has 1 aromatic carbocycles. The Morgan fingerprint density at radius 1 is 1.29 bits per heavy atom. The third-order valence-electron chi connectivity index (χ3n) is 4.13. The Morgan fingerprint density at radius 3 is 2.71 bits per heavy atom. The highest BCUT2D eigenvalue weighted by Gasteiger charge is 2.23. The Bertz CT molecular complexity index is 354. The molecule has 1 heteroatoms. The Balaban J connectivity index is 1.87. The summed E-state index contributed by atoms with van der Waals surface area (Å²) in [6.07, 6.45) is 4.02. The summed E-state index contributed by atoms with van der Waals surface area (Å²) in [6.45, 7) is 7.87. The largest absolute Gasteiger partial charge is 0.310 e. The van der Waals surface area contributed by atoms with Crippen LogP contribution < -0.4 is 5.32 Å². The van der Waals surface area contributed by atoms with Gasteiger partial charge in [-0.25, -0.2) is 0 Å². The van der Waals surface area contributed by atoms with Gasteiger partial charge in [-0.05, 0) is 42.7 Å². The summed E-state index contributed by atoms with van der Waals surface area (Å²) in [6, 6.07) is 9.71. The van der Waals surface area contributed by atoms with E-state index < -0.39 is 0 Å². The highest BCUT2D eigenvalue weighted by Crippen LogP contribution is 2.40. The fourth-order valence-corrected chi connectivity index (χ4v) is 2.21. The second kappa shape index (κ2) is 5.68. The van der Waals surface area contributed by atoms with Gasteiger partial charge in [0.25, 0.3) is 0 Å². The average molecular weight is 231 g/mol. The Hall–Kier alpha value is -0.820. The van der Waals surface area contributed by atoms with Crippen LogP contribution in [-0.4, -0.2) is 6.04 Å². The van der Waals surface area contributed by atoms with Gasteiger partial charge in [-0.1, -0.05) is 44.5 Å². The zero-order chi connectivity index (χ0) is 12.3. The molecule has 1 N–H and O–H groups in total. The summed E-state index contributed by atoms with van der Waals surface area (Å²) >= 11 is 0. The molecule has 0 bridgehead atoms. The lowest BCUT2D eigenvalue weighted by Crippen LogP contribution is -2.31. The van der Waals surface area contributed by atoms with Crippen molar-refractivity contribution in [3.05, 3.63) is 35.4 Å². The monoisotopic (exact) mass is 231 g/mol. The Labute approximate surface area is 106 Å². The van der Waals surface area contributed by atoms with Gasteiger partial charge < -0.3 is 5.32 Å². The molecule has 1 saturated carbocycles. The SMILES string of the molecule is CCC(C)C(C)NCc1cccc(C2CC2)c1. The number of hydrogen-bond acceptors (Lipinski definition) is 1. The number of benzene rings is 1. The quantitative estimate of drug-likeness (QED) is 0.777. The van der Waals surface area contributed by atoms with Gasteiger partial charge in [-0.3, -0.25) is 0 Å². The molecular weight excluding hydrogens is 206 g/mol. The van der Waals surface area contributed by atoms with Gasteiger partial charge in [-0.15, -0.1) is 0 Å². The minimum atomic E-state index is 0.601. The van der Waals surface area contributed by atoms with Gasteiger partial charge in [0.15, 0.2) is 0 Å². The normalized spacial score (nSPS) is 19.0. The van der Waals surface area contributed by atoms with Gasteiger partial charge in [0.1, 0.15) is 0 Å². The second-order valence-corrected chi connectivity index (χ2v) is 5.57. The van der Waals surface area contributed by atoms with Crippen LogP contribution in [0.4, 0.5) is 0 Å². The third kappa shape index (κ3) is 3.57. The first kappa shape index (κ1) is 12.6. The van der Waals surface area contributed by atoms with Crippen LogP contribution in [0.1, 0.15) is 57.1 Å². The van der Waals surface area contributed by atoms with E-state index in [9.17, 15) is 0 Å². The van der Waals surface area contributed by atoms with Crippen LogP contribution in [0.15, 0.2) is 24.3 Å². The molecule has 17 heavy (non-hydrogen) atoms. The maximum atomic E-state index is 3.64. The van der Waals surface area contributed by atoms with Crippen molar-refractivity contribution in [1.29, 1.82) is 0 Å². The molecule has 2 atom stereocenters. The highest BCUT2D eigenvalue weighted by molar-refractivity contribution is 5.29. The van der Waals surface area contributed by atoms with Crippen molar-refractivity contribution in [2.75, 3.05) is 0 Å². The van der Waals surface area contributed by atoms with E-state index in [1.165, 1.54) is 24.8 Å². The fraction of sp³-hybridized carbons (Fsp3) is 0.625. The molecule has 0 radical (unpaired) electrons. The lowest BCUT2D eigenvalue weighted by Gasteiger charge is -2.20. The van der Waals surface area contributed by atoms with Crippen molar-refractivity contribution in [2.45, 2.75) is 58.5 Å². The topological polar surface area (TPSA) is 12.0 Å². The first-order chi connectivity index (χ1) is 8.20. The van der Waals surface area contributed by atoms with Crippen LogP contribution in [0, 0.1) is 5.92 Å². The highest BCUT2D eigenvalue weighted by atomic mass is 14.9. The maximum absolute atomic E-state index is 3.64. The predicted octanol–water partition coefficient (Wildman–Crippen LogP) is 4.09. The van der Waals surface area contributed by atoms with Crippen LogP contribution in [0.3, 0.4) is 0 Å². The molecule has 0 amide bonds. The summed E-state index contributed by atoms with van der Waals surface area (Å²) in [7, 11) is 0. The summed E-state index contributed by atoms with van der Waals surface area (Å²) in [4.78, 5) is 0. The number of hydrogen-bond donors (Lipinski definition) is 1. The zero-order valence-electron chi connectivity index (χ0n) is 11.4. The predicted molar refractivity (Wildman–Crippen MR) is 74.2 cm³/mol. The molecular formula is C16H25N. The van der Waals surface area contributed by atoms with E-state index >= 15 is 0 Å². The first-order valence-corrected chi connectivity index (χ1v) is 7.03. The fourth-order valence-electron chi connectivity index (χ4n) is 2.21. The summed E-state index contributed by atoms with van der Waals surface area (Å²) < 4.78 is 0. The van der Waals surface area contributed by atoms with Crippen molar-refractivity contribution < 1.29 is 0 Å². The molecule has 0 aliphatic heterocycles. The molecule has 0 saturated heterocycles. The van der Waals surface area contributed by atoms with Gasteiger partial charge in [-0.2, -0.15) is 0 Å². The number of nitrogens with one attached hydrogen (secondary N) is 1. The molecule has 2 rings (SSSR count). The molecule has 2 unspecified atom stereocenters. The molecule has 1 nitrogen and oxygen atoms in total. The maximum Gasteiger partial charge on any atom is 0.0208 e. The van der Waals surface area contributed by atoms with Crippen LogP contribution >= 0.6 is 0 Å². The lowest BCUT2D eigenvalue weighted by atomic mass is 10.0. The van der Waals surface area contributed by atoms with E-state index in [2.05, 4.69) is 50.4 Å². The zero-order valence-corrected chi connectivity index (χ0v) is 11.4. The molecule has 94 valence electrons. The third-order valence-corrected chi connectivity index (χ3v) is 4.13. The van der Waals surface area contributed by atoms with Gasteiger partial charge >= 0.3 is 0 Å². The van der Waals surface area contributed by atoms with E-state index in [1.54, 1.807) is 5.56 Å². The summed E-state index contributed by atoms with van der Waals surface area (Å²) in [5.41, 5.74) is 2.98. The molecule has 1 aliphatic rings. The minimum absolute atomic E-state index is 0.601. The van der Waals surface area contributed by atoms with Gasteiger partial charge in [0.2, 0.25) is 0 Å². The van der Waals surface area contributed by atoms with Crippen LogP contribution in [0.2, 0.25) is 0 Å². The van der Waals surface area contributed by atoms with Crippen LogP contribution in [0.5, 0.6) is 0 Å². The smallest absolute Gasteiger partial charge is 0.0208 e. The molecule has 1 aliphatic carbocycles. The van der Waals surface area contributed by atoms with E-state index in [0.29, 0.717) is 6.04 Å². The standard InChI is InChI=1S/C16H25N/c1-4-12(2)13(3)17-11-14-6-5-7-16(10-14)15-8-9-15/h5-7,10,12-13,15,17H,4,8-9,11H2,1-3H3. The summed E-state index contributed by atoms with van der Waals surface area (Å²) in [5, 5.41) is 3.64. The molecule has 0 aromatic heterocycles. The van der Waals surface area contributed by atoms with Crippen molar-refractivity contribution in [3.63, 3.8) is 0 Å². The molecule has 0 spiro atoms. The average Bonchev–Trinajstić information content (AvgIpc) is 3.19. The van der Waals surface area contributed by atoms with E-state index in [4.69, 9.17) is 0 Å². The van der Waals surface area contributed by atoms with E-state index in [-0.39, 0.29) is 0 Å². The van der Waals surface area contributed by atoms with Gasteiger partial charge in [0.05, 0.1) is 0 Å². The molecule has 1 fully saturated rings. The van der Waals surface area contributed by atoms with Crippen molar-refractivity contribution >= 4 is 0 Å². The molecule has 0 heterocycles. The first-order valence-electron chi connectivity index (χ1n) is 7.03.